The molecule has 3 nitrogen and oxygen atoms in total. The van der Waals surface area contributed by atoms with E-state index in [9.17, 15) is 4.79 Å². The molecule has 0 aliphatic heterocycles. The van der Waals surface area contributed by atoms with Crippen molar-refractivity contribution in [2.24, 2.45) is 0 Å². The minimum atomic E-state index is -0.421. The van der Waals surface area contributed by atoms with E-state index < -0.39 is 5.97 Å². The lowest BCUT2D eigenvalue weighted by Crippen LogP contribution is -2.01. The zero-order valence-electron chi connectivity index (χ0n) is 6.17. The Morgan fingerprint density at radius 3 is 2.75 bits per heavy atom. The second-order valence-electron chi connectivity index (χ2n) is 2.04. The number of rotatable bonds is 1. The topological polar surface area (TPSA) is 39.2 Å². The molecule has 1 aromatic heterocycles. The van der Waals surface area contributed by atoms with E-state index in [0.29, 0.717) is 0 Å². The van der Waals surface area contributed by atoms with Gasteiger partial charge in [-0.1, -0.05) is 23.2 Å². The summed E-state index contributed by atoms with van der Waals surface area (Å²) in [5, 5.41) is 0.447. The zero-order valence-corrected chi connectivity index (χ0v) is 7.69. The quantitative estimate of drug-likeness (QED) is 0.522. The highest BCUT2D eigenvalue weighted by Gasteiger charge is 2.02. The van der Waals surface area contributed by atoms with E-state index in [1.54, 1.807) is 0 Å². The molecule has 1 heterocycles. The highest BCUT2D eigenvalue weighted by atomic mass is 35.5. The van der Waals surface area contributed by atoms with Crippen LogP contribution in [0.4, 0.5) is 0 Å². The van der Waals surface area contributed by atoms with Crippen LogP contribution in [0.5, 0.6) is 5.75 Å². The fourth-order valence-corrected chi connectivity index (χ4v) is 0.885. The molecule has 0 bridgehead atoms. The minimum absolute atomic E-state index is 0.188. The van der Waals surface area contributed by atoms with Gasteiger partial charge in [-0.3, -0.25) is 4.79 Å². The van der Waals surface area contributed by atoms with Crippen LogP contribution in [0, 0.1) is 0 Å². The van der Waals surface area contributed by atoms with Crippen molar-refractivity contribution >= 4 is 29.2 Å². The number of nitrogens with zero attached hydrogens (tertiary/aromatic N) is 1. The first-order valence-corrected chi connectivity index (χ1v) is 3.84. The van der Waals surface area contributed by atoms with Crippen molar-refractivity contribution in [1.82, 2.24) is 4.98 Å². The van der Waals surface area contributed by atoms with Crippen LogP contribution < -0.4 is 4.74 Å². The van der Waals surface area contributed by atoms with Crippen LogP contribution in [0.1, 0.15) is 6.92 Å². The number of ether oxygens (including phenoxy) is 1. The summed E-state index contributed by atoms with van der Waals surface area (Å²) >= 11 is 11.1. The van der Waals surface area contributed by atoms with E-state index in [2.05, 4.69) is 4.98 Å². The van der Waals surface area contributed by atoms with Crippen LogP contribution in [0.15, 0.2) is 12.3 Å². The number of carbonyl (C=O) groups is 1. The SMILES string of the molecule is CC(=O)Oc1cnc(Cl)c(Cl)c1. The normalized spacial score (nSPS) is 9.58. The standard InChI is InChI=1S/C7H5Cl2NO2/c1-4(11)12-5-2-6(8)7(9)10-3-5/h2-3H,1H3. The van der Waals surface area contributed by atoms with E-state index >= 15 is 0 Å². The number of hydrogen-bond donors (Lipinski definition) is 0. The Hall–Kier alpha value is -0.800. The fraction of sp³-hybridized carbons (Fsp3) is 0.143. The van der Waals surface area contributed by atoms with Crippen molar-refractivity contribution in [1.29, 1.82) is 0 Å². The summed E-state index contributed by atoms with van der Waals surface area (Å²) in [6.07, 6.45) is 1.33. The van der Waals surface area contributed by atoms with Gasteiger partial charge in [-0.25, -0.2) is 4.98 Å². The number of aromatic nitrogens is 1. The van der Waals surface area contributed by atoms with Gasteiger partial charge in [-0.2, -0.15) is 0 Å². The predicted molar refractivity (Wildman–Crippen MR) is 45.6 cm³/mol. The minimum Gasteiger partial charge on any atom is -0.425 e. The number of carbonyl (C=O) groups excluding carboxylic acids is 1. The number of pyridine rings is 1. The molecule has 0 N–H and O–H groups in total. The Balaban J connectivity index is 2.89. The molecule has 64 valence electrons. The first-order chi connectivity index (χ1) is 5.59. The van der Waals surface area contributed by atoms with Crippen molar-refractivity contribution in [3.05, 3.63) is 22.4 Å². The fourth-order valence-electron chi connectivity index (χ4n) is 0.625. The Kier molecular flexibility index (Phi) is 2.89. The monoisotopic (exact) mass is 205 g/mol. The molecule has 0 saturated carbocycles. The maximum absolute atomic E-state index is 10.5. The molecular weight excluding hydrogens is 201 g/mol. The lowest BCUT2D eigenvalue weighted by Gasteiger charge is -2.00. The highest BCUT2D eigenvalue weighted by molar-refractivity contribution is 6.41. The Morgan fingerprint density at radius 1 is 1.58 bits per heavy atom. The van der Waals surface area contributed by atoms with E-state index in [1.165, 1.54) is 19.2 Å². The van der Waals surface area contributed by atoms with E-state index in [4.69, 9.17) is 27.9 Å². The molecule has 0 atom stereocenters. The third-order valence-corrected chi connectivity index (χ3v) is 1.72. The first kappa shape index (κ1) is 9.29. The van der Waals surface area contributed by atoms with Gasteiger partial charge in [0, 0.05) is 13.0 Å². The Morgan fingerprint density at radius 2 is 2.25 bits per heavy atom. The van der Waals surface area contributed by atoms with Crippen molar-refractivity contribution in [3.63, 3.8) is 0 Å². The highest BCUT2D eigenvalue weighted by Crippen LogP contribution is 2.23. The van der Waals surface area contributed by atoms with Crippen LogP contribution in [0.2, 0.25) is 10.2 Å². The van der Waals surface area contributed by atoms with Gasteiger partial charge < -0.3 is 4.74 Å². The number of halogens is 2. The summed E-state index contributed by atoms with van der Waals surface area (Å²) in [4.78, 5) is 14.2. The maximum Gasteiger partial charge on any atom is 0.308 e. The summed E-state index contributed by atoms with van der Waals surface area (Å²) in [6.45, 7) is 1.29. The van der Waals surface area contributed by atoms with Gasteiger partial charge in [0.25, 0.3) is 0 Å². The van der Waals surface area contributed by atoms with Crippen LogP contribution >= 0.6 is 23.2 Å². The van der Waals surface area contributed by atoms with E-state index in [1.807, 2.05) is 0 Å². The zero-order chi connectivity index (χ0) is 9.14. The average molecular weight is 206 g/mol. The molecule has 5 heteroatoms. The first-order valence-electron chi connectivity index (χ1n) is 3.09. The number of esters is 1. The largest absolute Gasteiger partial charge is 0.425 e. The summed E-state index contributed by atoms with van der Waals surface area (Å²) in [5.41, 5.74) is 0. The third-order valence-electron chi connectivity index (χ3n) is 1.03. The van der Waals surface area contributed by atoms with Crippen LogP contribution in [0.25, 0.3) is 0 Å². The molecule has 12 heavy (non-hydrogen) atoms. The predicted octanol–water partition coefficient (Wildman–Crippen LogP) is 2.31. The van der Waals surface area contributed by atoms with Crippen LogP contribution in [0.3, 0.4) is 0 Å². The summed E-state index contributed by atoms with van der Waals surface area (Å²) in [5.74, 6) is -0.132. The van der Waals surface area contributed by atoms with E-state index in [0.717, 1.165) is 0 Å². The second-order valence-corrected chi connectivity index (χ2v) is 2.80. The molecule has 1 rings (SSSR count). The van der Waals surface area contributed by atoms with Gasteiger partial charge in [0.05, 0.1) is 11.2 Å². The van der Waals surface area contributed by atoms with Gasteiger partial charge in [0.2, 0.25) is 0 Å². The molecule has 0 aliphatic carbocycles. The molecule has 0 aromatic carbocycles. The second kappa shape index (κ2) is 3.74. The van der Waals surface area contributed by atoms with Gasteiger partial charge in [0.1, 0.15) is 5.15 Å². The van der Waals surface area contributed by atoms with E-state index in [-0.39, 0.29) is 15.9 Å². The van der Waals surface area contributed by atoms with Crippen molar-refractivity contribution in [3.8, 4) is 5.75 Å². The van der Waals surface area contributed by atoms with Gasteiger partial charge in [-0.15, -0.1) is 0 Å². The lowest BCUT2D eigenvalue weighted by atomic mass is 10.4. The molecule has 0 aliphatic rings. The van der Waals surface area contributed by atoms with Gasteiger partial charge >= 0.3 is 5.97 Å². The van der Waals surface area contributed by atoms with Crippen LogP contribution in [-0.4, -0.2) is 11.0 Å². The van der Waals surface area contributed by atoms with Gasteiger partial charge in [0.15, 0.2) is 5.75 Å². The molecular formula is C7H5Cl2NO2. The third kappa shape index (κ3) is 2.36. The molecule has 0 amide bonds. The van der Waals surface area contributed by atoms with Gasteiger partial charge in [-0.05, 0) is 0 Å². The van der Waals surface area contributed by atoms with Crippen molar-refractivity contribution in [2.75, 3.05) is 0 Å². The molecule has 0 radical (unpaired) electrons. The number of hydrogen-bond acceptors (Lipinski definition) is 3. The molecule has 0 spiro atoms. The van der Waals surface area contributed by atoms with Crippen molar-refractivity contribution in [2.45, 2.75) is 6.92 Å². The molecule has 1 aromatic rings. The van der Waals surface area contributed by atoms with Crippen LogP contribution in [-0.2, 0) is 4.79 Å². The summed E-state index contributed by atoms with van der Waals surface area (Å²) in [7, 11) is 0. The lowest BCUT2D eigenvalue weighted by molar-refractivity contribution is -0.131. The van der Waals surface area contributed by atoms with Crippen molar-refractivity contribution < 1.29 is 9.53 Å². The molecule has 0 fully saturated rings. The smallest absolute Gasteiger partial charge is 0.308 e. The summed E-state index contributed by atoms with van der Waals surface area (Å²) < 4.78 is 4.71. The Bertz CT molecular complexity index is 314. The molecule has 0 saturated heterocycles. The Labute approximate surface area is 79.3 Å². The summed E-state index contributed by atoms with van der Waals surface area (Å²) in [6, 6.07) is 1.43. The molecule has 0 unspecified atom stereocenters. The average Bonchev–Trinajstić information content (AvgIpc) is 1.96. The maximum atomic E-state index is 10.5.